The van der Waals surface area contributed by atoms with Crippen LogP contribution in [0, 0.1) is 5.92 Å². The highest BCUT2D eigenvalue weighted by atomic mass is 16.5. The third kappa shape index (κ3) is 2.95. The Morgan fingerprint density at radius 3 is 2.91 bits per heavy atom. The minimum absolute atomic E-state index is 0.0667. The highest BCUT2D eigenvalue weighted by molar-refractivity contribution is 5.93. The molecule has 23 heavy (non-hydrogen) atoms. The summed E-state index contributed by atoms with van der Waals surface area (Å²) in [6, 6.07) is 0.501. The molecule has 0 bridgehead atoms. The molecule has 4 rings (SSSR count). The molecule has 126 valence electrons. The first-order valence-electron chi connectivity index (χ1n) is 8.57. The monoisotopic (exact) mass is 319 g/mol. The molecule has 0 N–H and O–H groups in total. The molecule has 7 nitrogen and oxygen atoms in total. The fourth-order valence-corrected chi connectivity index (χ4v) is 3.73. The summed E-state index contributed by atoms with van der Waals surface area (Å²) in [5.74, 6) is 0.690. The molecule has 1 aromatic rings. The number of likely N-dealkylation sites (N-methyl/N-ethyl adjacent to an activating group) is 1. The van der Waals surface area contributed by atoms with Gasteiger partial charge in [0.25, 0.3) is 0 Å². The van der Waals surface area contributed by atoms with Gasteiger partial charge < -0.3 is 9.64 Å². The molecule has 3 aliphatic rings. The van der Waals surface area contributed by atoms with Crippen LogP contribution in [0.1, 0.15) is 18.9 Å². The van der Waals surface area contributed by atoms with Gasteiger partial charge in [-0.05, 0) is 18.8 Å². The van der Waals surface area contributed by atoms with Crippen molar-refractivity contribution in [2.45, 2.75) is 18.9 Å². The zero-order chi connectivity index (χ0) is 15.8. The summed E-state index contributed by atoms with van der Waals surface area (Å²) in [5.41, 5.74) is 0.915. The van der Waals surface area contributed by atoms with Crippen LogP contribution < -0.4 is 4.90 Å². The van der Waals surface area contributed by atoms with Crippen molar-refractivity contribution >= 4 is 11.7 Å². The van der Waals surface area contributed by atoms with E-state index in [9.17, 15) is 4.79 Å². The van der Waals surface area contributed by atoms with Crippen LogP contribution in [0.5, 0.6) is 0 Å². The van der Waals surface area contributed by atoms with Gasteiger partial charge in [-0.25, -0.2) is 4.79 Å². The molecule has 0 aliphatic carbocycles. The first-order valence-corrected chi connectivity index (χ1v) is 8.57. The summed E-state index contributed by atoms with van der Waals surface area (Å²) in [6.07, 6.45) is 6.32. The number of ether oxygens (including phenoxy) is 1. The summed E-state index contributed by atoms with van der Waals surface area (Å²) in [4.78, 5) is 18.1. The maximum absolute atomic E-state index is 12.0. The van der Waals surface area contributed by atoms with Crippen LogP contribution in [0.2, 0.25) is 0 Å². The Bertz CT molecular complexity index is 563. The molecular weight excluding hydrogens is 294 g/mol. The molecule has 0 spiro atoms. The molecular formula is C16H25N5O2. The highest BCUT2D eigenvalue weighted by Gasteiger charge is 2.32. The van der Waals surface area contributed by atoms with Crippen molar-refractivity contribution < 1.29 is 9.53 Å². The van der Waals surface area contributed by atoms with Crippen molar-refractivity contribution in [2.75, 3.05) is 57.9 Å². The first-order chi connectivity index (χ1) is 11.2. The van der Waals surface area contributed by atoms with Crippen molar-refractivity contribution in [1.29, 1.82) is 0 Å². The van der Waals surface area contributed by atoms with E-state index in [1.165, 1.54) is 12.8 Å². The smallest absolute Gasteiger partial charge is 0.324 e. The van der Waals surface area contributed by atoms with E-state index in [0.29, 0.717) is 12.0 Å². The van der Waals surface area contributed by atoms with Gasteiger partial charge in [-0.1, -0.05) is 0 Å². The van der Waals surface area contributed by atoms with Gasteiger partial charge in [-0.3, -0.25) is 14.5 Å². The second-order valence-electron chi connectivity index (χ2n) is 6.99. The van der Waals surface area contributed by atoms with E-state index in [0.717, 1.165) is 51.6 Å². The predicted molar refractivity (Wildman–Crippen MR) is 86.6 cm³/mol. The quantitative estimate of drug-likeness (QED) is 0.832. The second-order valence-corrected chi connectivity index (χ2v) is 6.99. The van der Waals surface area contributed by atoms with Crippen LogP contribution in [0.3, 0.4) is 0 Å². The SMILES string of the molecule is CN1CCN(c2cnn(C3CN(CC4CCCOC4)C3)c2)C1=O. The normalized spacial score (nSPS) is 26.8. The summed E-state index contributed by atoms with van der Waals surface area (Å²) in [6.45, 7) is 6.61. The van der Waals surface area contributed by atoms with E-state index in [2.05, 4.69) is 10.00 Å². The Kier molecular flexibility index (Phi) is 3.98. The number of rotatable bonds is 4. The molecule has 2 amide bonds. The van der Waals surface area contributed by atoms with Crippen molar-refractivity contribution in [3.05, 3.63) is 12.4 Å². The molecule has 1 unspecified atom stereocenters. The molecule has 3 fully saturated rings. The van der Waals surface area contributed by atoms with Gasteiger partial charge in [-0.2, -0.15) is 5.10 Å². The maximum atomic E-state index is 12.0. The number of carbonyl (C=O) groups is 1. The number of anilines is 1. The van der Waals surface area contributed by atoms with Crippen molar-refractivity contribution in [1.82, 2.24) is 19.6 Å². The number of nitrogens with zero attached hydrogens (tertiary/aromatic N) is 5. The molecule has 4 heterocycles. The molecule has 0 radical (unpaired) electrons. The van der Waals surface area contributed by atoms with Crippen LogP contribution in [0.25, 0.3) is 0 Å². The lowest BCUT2D eigenvalue weighted by Gasteiger charge is -2.41. The lowest BCUT2D eigenvalue weighted by molar-refractivity contribution is 0.0126. The molecule has 7 heteroatoms. The van der Waals surface area contributed by atoms with E-state index in [4.69, 9.17) is 4.74 Å². The van der Waals surface area contributed by atoms with Crippen LogP contribution in [0.4, 0.5) is 10.5 Å². The average Bonchev–Trinajstić information content (AvgIpc) is 3.12. The molecule has 0 aromatic carbocycles. The van der Waals surface area contributed by atoms with Crippen LogP contribution in [0.15, 0.2) is 12.4 Å². The number of hydrogen-bond acceptors (Lipinski definition) is 4. The van der Waals surface area contributed by atoms with Gasteiger partial charge in [0.1, 0.15) is 0 Å². The number of carbonyl (C=O) groups excluding carboxylic acids is 1. The number of amides is 2. The van der Waals surface area contributed by atoms with Crippen LogP contribution in [-0.2, 0) is 4.74 Å². The highest BCUT2D eigenvalue weighted by Crippen LogP contribution is 2.26. The first kappa shape index (κ1) is 15.0. The van der Waals surface area contributed by atoms with Crippen molar-refractivity contribution in [3.8, 4) is 0 Å². The summed E-state index contributed by atoms with van der Waals surface area (Å²) in [7, 11) is 1.84. The lowest BCUT2D eigenvalue weighted by atomic mass is 9.99. The van der Waals surface area contributed by atoms with Gasteiger partial charge in [0.05, 0.1) is 24.5 Å². The Morgan fingerprint density at radius 2 is 2.22 bits per heavy atom. The Labute approximate surface area is 136 Å². The molecule has 1 aromatic heterocycles. The van der Waals surface area contributed by atoms with Gasteiger partial charge in [0, 0.05) is 52.6 Å². The van der Waals surface area contributed by atoms with Crippen LogP contribution >= 0.6 is 0 Å². The van der Waals surface area contributed by atoms with Crippen LogP contribution in [-0.4, -0.2) is 78.6 Å². The molecule has 3 aliphatic heterocycles. The third-order valence-corrected chi connectivity index (χ3v) is 5.20. The zero-order valence-electron chi connectivity index (χ0n) is 13.7. The Balaban J connectivity index is 1.30. The molecule has 0 saturated carbocycles. The van der Waals surface area contributed by atoms with Crippen molar-refractivity contribution in [3.63, 3.8) is 0 Å². The second kappa shape index (κ2) is 6.13. The van der Waals surface area contributed by atoms with Gasteiger partial charge >= 0.3 is 6.03 Å². The Morgan fingerprint density at radius 1 is 1.35 bits per heavy atom. The van der Waals surface area contributed by atoms with Gasteiger partial charge in [0.2, 0.25) is 0 Å². The molecule has 3 saturated heterocycles. The van der Waals surface area contributed by atoms with E-state index in [1.807, 2.05) is 24.1 Å². The predicted octanol–water partition coefficient (Wildman–Crippen LogP) is 1.04. The fraction of sp³-hybridized carbons (Fsp3) is 0.750. The number of aromatic nitrogens is 2. The fourth-order valence-electron chi connectivity index (χ4n) is 3.73. The van der Waals surface area contributed by atoms with Gasteiger partial charge in [-0.15, -0.1) is 0 Å². The summed E-state index contributed by atoms with van der Waals surface area (Å²) < 4.78 is 7.58. The van der Waals surface area contributed by atoms with Gasteiger partial charge in [0.15, 0.2) is 0 Å². The summed E-state index contributed by atoms with van der Waals surface area (Å²) in [5, 5.41) is 4.48. The van der Waals surface area contributed by atoms with E-state index < -0.39 is 0 Å². The van der Waals surface area contributed by atoms with E-state index in [1.54, 1.807) is 9.80 Å². The van der Waals surface area contributed by atoms with E-state index >= 15 is 0 Å². The topological polar surface area (TPSA) is 53.8 Å². The third-order valence-electron chi connectivity index (χ3n) is 5.20. The van der Waals surface area contributed by atoms with E-state index in [-0.39, 0.29) is 6.03 Å². The maximum Gasteiger partial charge on any atom is 0.324 e. The number of likely N-dealkylation sites (tertiary alicyclic amines) is 1. The van der Waals surface area contributed by atoms with Crippen molar-refractivity contribution in [2.24, 2.45) is 5.92 Å². The number of hydrogen-bond donors (Lipinski definition) is 0. The Hall–Kier alpha value is -1.60. The number of urea groups is 1. The minimum Gasteiger partial charge on any atom is -0.381 e. The summed E-state index contributed by atoms with van der Waals surface area (Å²) >= 11 is 0. The minimum atomic E-state index is 0.0667. The molecule has 1 atom stereocenters. The standard InChI is InChI=1S/C16H25N5O2/c1-18-4-5-20(16(18)22)14-7-17-21(11-14)15-9-19(10-15)8-13-3-2-6-23-12-13/h7,11,13,15H,2-6,8-10,12H2,1H3. The average molecular weight is 319 g/mol. The zero-order valence-corrected chi connectivity index (χ0v) is 13.7. The largest absolute Gasteiger partial charge is 0.381 e. The lowest BCUT2D eigenvalue weighted by Crippen LogP contribution is -2.50.